The van der Waals surface area contributed by atoms with Gasteiger partial charge in [0.05, 0.1) is 15.0 Å². The predicted octanol–water partition coefficient (Wildman–Crippen LogP) is 6.57. The maximum atomic E-state index is 12.6. The van der Waals surface area contributed by atoms with Gasteiger partial charge >= 0.3 is 0 Å². The summed E-state index contributed by atoms with van der Waals surface area (Å²) in [5.74, 6) is 0.233. The molecule has 0 saturated heterocycles. The molecule has 0 bridgehead atoms. The Kier molecular flexibility index (Phi) is 8.05. The van der Waals surface area contributed by atoms with Crippen molar-refractivity contribution in [1.82, 2.24) is 5.32 Å². The minimum absolute atomic E-state index is 0.0273. The fourth-order valence-electron chi connectivity index (χ4n) is 2.95. The lowest BCUT2D eigenvalue weighted by Gasteiger charge is -2.14. The highest BCUT2D eigenvalue weighted by Crippen LogP contribution is 2.36. The number of ether oxygens (including phenoxy) is 1. The standard InChI is InChI=1S/C25H20Br2N2O2/c1-17(20-10-6-3-7-11-20)29-25(30)21(15-28)12-19-13-22(26)24(23(27)14-19)31-16-18-8-4-2-5-9-18/h2-14,17H,16H2,1H3,(H,29,30)/b21-12-/t17-/m1/s1. The number of nitriles is 1. The van der Waals surface area contributed by atoms with Gasteiger partial charge in [-0.3, -0.25) is 4.79 Å². The zero-order valence-electron chi connectivity index (χ0n) is 16.8. The van der Waals surface area contributed by atoms with Crippen molar-refractivity contribution in [3.63, 3.8) is 0 Å². The van der Waals surface area contributed by atoms with Crippen molar-refractivity contribution >= 4 is 43.8 Å². The normalized spacial score (nSPS) is 12.0. The average molecular weight is 540 g/mol. The van der Waals surface area contributed by atoms with Crippen molar-refractivity contribution in [1.29, 1.82) is 5.26 Å². The van der Waals surface area contributed by atoms with Crippen molar-refractivity contribution in [2.75, 3.05) is 0 Å². The molecule has 3 aromatic rings. The predicted molar refractivity (Wildman–Crippen MR) is 129 cm³/mol. The lowest BCUT2D eigenvalue weighted by atomic mass is 10.1. The van der Waals surface area contributed by atoms with E-state index in [4.69, 9.17) is 4.74 Å². The Morgan fingerprint density at radius 1 is 1.06 bits per heavy atom. The lowest BCUT2D eigenvalue weighted by Crippen LogP contribution is -2.27. The van der Waals surface area contributed by atoms with Crippen molar-refractivity contribution in [3.8, 4) is 11.8 Å². The van der Waals surface area contributed by atoms with Crippen molar-refractivity contribution in [2.24, 2.45) is 0 Å². The van der Waals surface area contributed by atoms with Gasteiger partial charge in [0.2, 0.25) is 0 Å². The largest absolute Gasteiger partial charge is 0.487 e. The molecular weight excluding hydrogens is 520 g/mol. The SMILES string of the molecule is C[C@@H](NC(=O)/C(C#N)=C\c1cc(Br)c(OCc2ccccc2)c(Br)c1)c1ccccc1. The zero-order chi connectivity index (χ0) is 22.2. The van der Waals surface area contributed by atoms with Crippen LogP contribution in [0.1, 0.15) is 29.7 Å². The van der Waals surface area contributed by atoms with E-state index in [0.717, 1.165) is 20.1 Å². The van der Waals surface area contributed by atoms with Crippen LogP contribution in [0.2, 0.25) is 0 Å². The van der Waals surface area contributed by atoms with E-state index >= 15 is 0 Å². The highest BCUT2D eigenvalue weighted by Gasteiger charge is 2.15. The van der Waals surface area contributed by atoms with Gasteiger partial charge in [0.15, 0.2) is 0 Å². The first kappa shape index (κ1) is 22.8. The monoisotopic (exact) mass is 538 g/mol. The molecule has 0 radical (unpaired) electrons. The maximum absolute atomic E-state index is 12.6. The van der Waals surface area contributed by atoms with E-state index in [9.17, 15) is 10.1 Å². The van der Waals surface area contributed by atoms with Gasteiger partial charge in [0, 0.05) is 0 Å². The third-order valence-corrected chi connectivity index (χ3v) is 5.75. The highest BCUT2D eigenvalue weighted by molar-refractivity contribution is 9.11. The van der Waals surface area contributed by atoms with Crippen LogP contribution in [0.4, 0.5) is 0 Å². The number of halogens is 2. The first-order chi connectivity index (χ1) is 15.0. The molecule has 3 rings (SSSR count). The van der Waals surface area contributed by atoms with Gasteiger partial charge in [-0.05, 0) is 73.7 Å². The van der Waals surface area contributed by atoms with Crippen LogP contribution in [0.3, 0.4) is 0 Å². The minimum Gasteiger partial charge on any atom is -0.487 e. The number of nitrogens with one attached hydrogen (secondary N) is 1. The molecule has 0 unspecified atom stereocenters. The van der Waals surface area contributed by atoms with Crippen LogP contribution in [-0.4, -0.2) is 5.91 Å². The number of hydrogen-bond donors (Lipinski definition) is 1. The van der Waals surface area contributed by atoms with Gasteiger partial charge in [0.25, 0.3) is 5.91 Å². The van der Waals surface area contributed by atoms with E-state index in [2.05, 4.69) is 37.2 Å². The molecule has 0 fully saturated rings. The molecule has 0 saturated carbocycles. The van der Waals surface area contributed by atoms with Crippen molar-refractivity contribution in [2.45, 2.75) is 19.6 Å². The van der Waals surface area contributed by atoms with Crippen molar-refractivity contribution < 1.29 is 9.53 Å². The Labute approximate surface area is 198 Å². The average Bonchev–Trinajstić information content (AvgIpc) is 2.78. The molecular formula is C25H20Br2N2O2. The van der Waals surface area contributed by atoms with E-state index in [1.807, 2.05) is 85.8 Å². The number of carbonyl (C=O) groups excluding carboxylic acids is 1. The Hall–Kier alpha value is -2.88. The zero-order valence-corrected chi connectivity index (χ0v) is 20.0. The summed E-state index contributed by atoms with van der Waals surface area (Å²) in [6.45, 7) is 2.31. The summed E-state index contributed by atoms with van der Waals surface area (Å²) in [4.78, 5) is 12.6. The Morgan fingerprint density at radius 3 is 2.23 bits per heavy atom. The van der Waals surface area contributed by atoms with Crippen LogP contribution in [0.15, 0.2) is 87.3 Å². The second kappa shape index (κ2) is 10.9. The molecule has 0 aromatic heterocycles. The first-order valence-electron chi connectivity index (χ1n) is 9.61. The van der Waals surface area contributed by atoms with E-state index in [1.54, 1.807) is 6.08 Å². The summed E-state index contributed by atoms with van der Waals surface area (Å²) in [7, 11) is 0. The topological polar surface area (TPSA) is 62.1 Å². The van der Waals surface area contributed by atoms with Gasteiger partial charge in [-0.15, -0.1) is 0 Å². The molecule has 0 aliphatic heterocycles. The number of rotatable bonds is 7. The number of nitrogens with zero attached hydrogens (tertiary/aromatic N) is 1. The van der Waals surface area contributed by atoms with Gasteiger partial charge < -0.3 is 10.1 Å². The van der Waals surface area contributed by atoms with Gasteiger partial charge in [-0.2, -0.15) is 5.26 Å². The maximum Gasteiger partial charge on any atom is 0.262 e. The first-order valence-corrected chi connectivity index (χ1v) is 11.2. The number of hydrogen-bond acceptors (Lipinski definition) is 3. The summed E-state index contributed by atoms with van der Waals surface area (Å²) < 4.78 is 7.37. The third kappa shape index (κ3) is 6.30. The molecule has 4 nitrogen and oxygen atoms in total. The lowest BCUT2D eigenvalue weighted by molar-refractivity contribution is -0.117. The van der Waals surface area contributed by atoms with E-state index in [0.29, 0.717) is 17.9 Å². The molecule has 1 N–H and O–H groups in total. The Morgan fingerprint density at radius 2 is 1.65 bits per heavy atom. The minimum atomic E-state index is -0.421. The molecule has 0 spiro atoms. The number of amides is 1. The summed E-state index contributed by atoms with van der Waals surface area (Å²) in [5.41, 5.74) is 2.75. The smallest absolute Gasteiger partial charge is 0.262 e. The number of carbonyl (C=O) groups is 1. The molecule has 31 heavy (non-hydrogen) atoms. The van der Waals surface area contributed by atoms with E-state index in [-0.39, 0.29) is 11.6 Å². The fraction of sp³-hybridized carbons (Fsp3) is 0.120. The molecule has 0 aliphatic rings. The molecule has 1 amide bonds. The molecule has 156 valence electrons. The fourth-order valence-corrected chi connectivity index (χ4v) is 4.40. The molecule has 3 aromatic carbocycles. The Balaban J connectivity index is 1.74. The Bertz CT molecular complexity index is 1100. The van der Waals surface area contributed by atoms with Gasteiger partial charge in [-0.1, -0.05) is 60.7 Å². The molecule has 0 heterocycles. The summed E-state index contributed by atoms with van der Waals surface area (Å²) in [6.07, 6.45) is 1.56. The van der Waals surface area contributed by atoms with Crippen LogP contribution in [0.5, 0.6) is 5.75 Å². The third-order valence-electron chi connectivity index (χ3n) is 4.57. The quantitative estimate of drug-likeness (QED) is 0.272. The van der Waals surface area contributed by atoms with Crippen LogP contribution in [0.25, 0.3) is 6.08 Å². The van der Waals surface area contributed by atoms with E-state index < -0.39 is 5.91 Å². The number of benzene rings is 3. The highest BCUT2D eigenvalue weighted by atomic mass is 79.9. The van der Waals surface area contributed by atoms with Crippen LogP contribution in [-0.2, 0) is 11.4 Å². The van der Waals surface area contributed by atoms with Gasteiger partial charge in [0.1, 0.15) is 24.0 Å². The summed E-state index contributed by atoms with van der Waals surface area (Å²) in [6, 6.07) is 24.9. The van der Waals surface area contributed by atoms with Crippen LogP contribution >= 0.6 is 31.9 Å². The molecule has 6 heteroatoms. The van der Waals surface area contributed by atoms with Crippen molar-refractivity contribution in [3.05, 3.63) is 104 Å². The van der Waals surface area contributed by atoms with Crippen LogP contribution < -0.4 is 10.1 Å². The van der Waals surface area contributed by atoms with E-state index in [1.165, 1.54) is 0 Å². The summed E-state index contributed by atoms with van der Waals surface area (Å²) in [5, 5.41) is 12.4. The van der Waals surface area contributed by atoms with Gasteiger partial charge in [-0.25, -0.2) is 0 Å². The second-order valence-electron chi connectivity index (χ2n) is 6.86. The second-order valence-corrected chi connectivity index (χ2v) is 8.57. The molecule has 0 aliphatic carbocycles. The summed E-state index contributed by atoms with van der Waals surface area (Å²) >= 11 is 7.05. The molecule has 1 atom stereocenters. The van der Waals surface area contributed by atoms with Crippen LogP contribution in [0, 0.1) is 11.3 Å².